The summed E-state index contributed by atoms with van der Waals surface area (Å²) in [5.41, 5.74) is 0.313. The summed E-state index contributed by atoms with van der Waals surface area (Å²) < 4.78 is 5.26. The van der Waals surface area contributed by atoms with Crippen LogP contribution >= 0.6 is 11.8 Å². The molecule has 2 rings (SSSR count). The first kappa shape index (κ1) is 15.3. The van der Waals surface area contributed by atoms with E-state index in [0.717, 1.165) is 18.5 Å². The van der Waals surface area contributed by atoms with E-state index in [4.69, 9.17) is 4.74 Å². The van der Waals surface area contributed by atoms with E-state index in [1.54, 1.807) is 6.20 Å². The number of aromatic nitrogens is 2. The molecule has 0 amide bonds. The lowest BCUT2D eigenvalue weighted by molar-refractivity contribution is -0.150. The van der Waals surface area contributed by atoms with Crippen LogP contribution in [-0.2, 0) is 9.53 Å². The Morgan fingerprint density at radius 3 is 2.90 bits per heavy atom. The molecule has 5 nitrogen and oxygen atoms in total. The lowest BCUT2D eigenvalue weighted by Gasteiger charge is -2.30. The molecule has 0 radical (unpaired) electrons. The summed E-state index contributed by atoms with van der Waals surface area (Å²) in [6, 6.07) is 1.86. The van der Waals surface area contributed by atoms with E-state index in [2.05, 4.69) is 15.3 Å². The van der Waals surface area contributed by atoms with Crippen molar-refractivity contribution in [3.05, 3.63) is 18.0 Å². The maximum absolute atomic E-state index is 12.3. The number of carbonyl (C=O) groups excluding carboxylic acids is 1. The van der Waals surface area contributed by atoms with Gasteiger partial charge in [-0.15, -0.1) is 0 Å². The van der Waals surface area contributed by atoms with Crippen molar-refractivity contribution in [3.8, 4) is 0 Å². The second kappa shape index (κ2) is 6.54. The predicted molar refractivity (Wildman–Crippen MR) is 78.6 cm³/mol. The number of nitrogens with one attached hydrogen (secondary N) is 1. The highest BCUT2D eigenvalue weighted by atomic mass is 32.2. The first-order valence-electron chi connectivity index (χ1n) is 6.91. The van der Waals surface area contributed by atoms with Crippen molar-refractivity contribution in [3.63, 3.8) is 0 Å². The largest absolute Gasteiger partial charge is 0.465 e. The van der Waals surface area contributed by atoms with Gasteiger partial charge in [-0.1, -0.05) is 11.8 Å². The molecule has 0 saturated heterocycles. The molecule has 1 unspecified atom stereocenters. The fraction of sp³-hybridized carbons (Fsp3) is 0.643. The fourth-order valence-electron chi connectivity index (χ4n) is 2.23. The number of ether oxygens (including phenoxy) is 1. The summed E-state index contributed by atoms with van der Waals surface area (Å²) >= 11 is 1.50. The van der Waals surface area contributed by atoms with Gasteiger partial charge in [0.2, 0.25) is 0 Å². The van der Waals surface area contributed by atoms with Gasteiger partial charge in [-0.2, -0.15) is 0 Å². The van der Waals surface area contributed by atoms with Crippen LogP contribution in [0.2, 0.25) is 0 Å². The smallest absolute Gasteiger partial charge is 0.327 e. The number of aryl methyl sites for hydroxylation is 1. The van der Waals surface area contributed by atoms with Crippen LogP contribution in [0.1, 0.15) is 25.5 Å². The highest BCUT2D eigenvalue weighted by Crippen LogP contribution is 2.42. The minimum atomic E-state index is -0.617. The monoisotopic (exact) mass is 295 g/mol. The molecular formula is C14H21N3O2S. The zero-order chi connectivity index (χ0) is 14.6. The maximum atomic E-state index is 12.3. The van der Waals surface area contributed by atoms with Crippen LogP contribution < -0.4 is 5.32 Å². The lowest BCUT2D eigenvalue weighted by Crippen LogP contribution is -2.55. The Labute approximate surface area is 123 Å². The van der Waals surface area contributed by atoms with Crippen LogP contribution in [0.4, 0.5) is 0 Å². The fourth-order valence-corrected chi connectivity index (χ4v) is 3.43. The zero-order valence-electron chi connectivity index (χ0n) is 12.2. The summed E-state index contributed by atoms with van der Waals surface area (Å²) in [5, 5.41) is 3.90. The number of likely N-dealkylation sites (N-methyl/N-ethyl adjacent to an activating group) is 1. The molecule has 0 aromatic carbocycles. The molecule has 0 bridgehead atoms. The van der Waals surface area contributed by atoms with Crippen LogP contribution in [0.25, 0.3) is 0 Å². The molecule has 1 aliphatic rings. The Morgan fingerprint density at radius 2 is 2.35 bits per heavy atom. The Hall–Kier alpha value is -1.14. The molecule has 1 N–H and O–H groups in total. The van der Waals surface area contributed by atoms with Crippen molar-refractivity contribution in [2.75, 3.05) is 19.4 Å². The molecule has 1 fully saturated rings. The molecule has 6 heteroatoms. The van der Waals surface area contributed by atoms with Gasteiger partial charge < -0.3 is 10.1 Å². The summed E-state index contributed by atoms with van der Waals surface area (Å²) in [5.74, 6) is 0.783. The van der Waals surface area contributed by atoms with Crippen molar-refractivity contribution < 1.29 is 9.53 Å². The molecular weight excluding hydrogens is 274 g/mol. The van der Waals surface area contributed by atoms with E-state index in [1.165, 1.54) is 11.8 Å². The molecule has 1 aliphatic carbocycles. The van der Waals surface area contributed by atoms with Crippen LogP contribution in [-0.4, -0.2) is 40.9 Å². The summed E-state index contributed by atoms with van der Waals surface area (Å²) in [6.45, 7) is 4.17. The molecule has 0 spiro atoms. The highest BCUT2D eigenvalue weighted by Gasteiger charge is 2.51. The molecule has 1 aromatic rings. The van der Waals surface area contributed by atoms with Crippen LogP contribution in [0, 0.1) is 12.8 Å². The van der Waals surface area contributed by atoms with Gasteiger partial charge in [0.1, 0.15) is 5.54 Å². The Bertz CT molecular complexity index is 479. The van der Waals surface area contributed by atoms with Gasteiger partial charge in [0.25, 0.3) is 0 Å². The van der Waals surface area contributed by atoms with Gasteiger partial charge in [-0.3, -0.25) is 4.79 Å². The van der Waals surface area contributed by atoms with Crippen LogP contribution in [0.3, 0.4) is 0 Å². The Balaban J connectivity index is 2.10. The first-order chi connectivity index (χ1) is 9.62. The Kier molecular flexibility index (Phi) is 4.99. The molecule has 1 atom stereocenters. The molecule has 0 aliphatic heterocycles. The lowest BCUT2D eigenvalue weighted by atomic mass is 9.96. The SMILES string of the molecule is CCOC(=O)C(CSc1nccc(C)n1)(NC)C1CC1. The van der Waals surface area contributed by atoms with Crippen molar-refractivity contribution >= 4 is 17.7 Å². The predicted octanol–water partition coefficient (Wildman–Crippen LogP) is 1.81. The summed E-state index contributed by atoms with van der Waals surface area (Å²) in [7, 11) is 1.83. The van der Waals surface area contributed by atoms with E-state index in [9.17, 15) is 4.79 Å². The number of esters is 1. The normalized spacial score (nSPS) is 17.6. The molecule has 1 saturated carbocycles. The maximum Gasteiger partial charge on any atom is 0.327 e. The zero-order valence-corrected chi connectivity index (χ0v) is 13.0. The second-order valence-corrected chi connectivity index (χ2v) is 5.93. The van der Waals surface area contributed by atoms with Crippen molar-refractivity contribution in [2.24, 2.45) is 5.92 Å². The van der Waals surface area contributed by atoms with Gasteiger partial charge in [0.05, 0.1) is 6.61 Å². The first-order valence-corrected chi connectivity index (χ1v) is 7.89. The molecule has 1 aromatic heterocycles. The third-order valence-electron chi connectivity index (χ3n) is 3.56. The van der Waals surface area contributed by atoms with E-state index in [1.807, 2.05) is 27.0 Å². The van der Waals surface area contributed by atoms with Crippen LogP contribution in [0.5, 0.6) is 0 Å². The number of hydrogen-bond acceptors (Lipinski definition) is 6. The average Bonchev–Trinajstić information content (AvgIpc) is 3.25. The van der Waals surface area contributed by atoms with E-state index < -0.39 is 5.54 Å². The number of nitrogens with zero attached hydrogens (tertiary/aromatic N) is 2. The van der Waals surface area contributed by atoms with Crippen LogP contribution in [0.15, 0.2) is 17.4 Å². The van der Waals surface area contributed by atoms with E-state index in [-0.39, 0.29) is 5.97 Å². The molecule has 110 valence electrons. The third kappa shape index (κ3) is 3.30. The van der Waals surface area contributed by atoms with Gasteiger partial charge in [0.15, 0.2) is 5.16 Å². The molecule has 1 heterocycles. The minimum absolute atomic E-state index is 0.162. The number of thioether (sulfide) groups is 1. The van der Waals surface area contributed by atoms with E-state index in [0.29, 0.717) is 23.4 Å². The van der Waals surface area contributed by atoms with Gasteiger partial charge in [-0.25, -0.2) is 9.97 Å². The standard InChI is InChI=1S/C14H21N3O2S/c1-4-19-12(18)14(15-3,11-5-6-11)9-20-13-16-8-7-10(2)17-13/h7-8,11,15H,4-6,9H2,1-3H3. The molecule has 20 heavy (non-hydrogen) atoms. The summed E-state index contributed by atoms with van der Waals surface area (Å²) in [6.07, 6.45) is 3.87. The average molecular weight is 295 g/mol. The second-order valence-electron chi connectivity index (χ2n) is 4.99. The van der Waals surface area contributed by atoms with E-state index >= 15 is 0 Å². The number of hydrogen-bond donors (Lipinski definition) is 1. The van der Waals surface area contributed by atoms with Crippen molar-refractivity contribution in [2.45, 2.75) is 37.4 Å². The van der Waals surface area contributed by atoms with Crippen molar-refractivity contribution in [1.82, 2.24) is 15.3 Å². The highest BCUT2D eigenvalue weighted by molar-refractivity contribution is 7.99. The van der Waals surface area contributed by atoms with Crippen molar-refractivity contribution in [1.29, 1.82) is 0 Å². The Morgan fingerprint density at radius 1 is 1.60 bits per heavy atom. The summed E-state index contributed by atoms with van der Waals surface area (Å²) in [4.78, 5) is 20.9. The quantitative estimate of drug-likeness (QED) is 0.470. The number of carbonyl (C=O) groups is 1. The topological polar surface area (TPSA) is 64.1 Å². The van der Waals surface area contributed by atoms with Gasteiger partial charge >= 0.3 is 5.97 Å². The number of rotatable bonds is 7. The minimum Gasteiger partial charge on any atom is -0.465 e. The van der Waals surface area contributed by atoms with Gasteiger partial charge in [-0.05, 0) is 45.7 Å². The third-order valence-corrected chi connectivity index (χ3v) is 4.62. The van der Waals surface area contributed by atoms with Gasteiger partial charge in [0, 0.05) is 17.6 Å².